The fraction of sp³-hybridized carbons (Fsp3) is 0.273. The number of rotatable bonds is 0. The van der Waals surface area contributed by atoms with E-state index in [0.29, 0.717) is 0 Å². The molecule has 24 heavy (non-hydrogen) atoms. The smallest absolute Gasteiger partial charge is 0.194 e. The van der Waals surface area contributed by atoms with Gasteiger partial charge in [-0.3, -0.25) is 4.79 Å². The molecule has 2 aliphatic carbocycles. The normalized spacial score (nSPS) is 20.3. The van der Waals surface area contributed by atoms with Gasteiger partial charge in [-0.05, 0) is 22.3 Å². The summed E-state index contributed by atoms with van der Waals surface area (Å²) in [6.45, 7) is 8.80. The molecule has 0 aliphatic heterocycles. The van der Waals surface area contributed by atoms with Crippen molar-refractivity contribution in [3.8, 4) is 0 Å². The van der Waals surface area contributed by atoms with Gasteiger partial charge in [-0.25, -0.2) is 0 Å². The van der Waals surface area contributed by atoms with E-state index < -0.39 is 0 Å². The molecule has 0 bridgehead atoms. The summed E-state index contributed by atoms with van der Waals surface area (Å²) in [5.74, 6) is 0.114. The van der Waals surface area contributed by atoms with E-state index in [-0.39, 0.29) is 16.6 Å². The van der Waals surface area contributed by atoms with Crippen molar-refractivity contribution in [3.05, 3.63) is 76.4 Å². The summed E-state index contributed by atoms with van der Waals surface area (Å²) < 4.78 is 0. The SMILES string of the molecule is CC1(C)C(=S)C(C)(C)C1=C1c2ccccc2C(=O)c2ccccc21. The highest BCUT2D eigenvalue weighted by atomic mass is 32.1. The van der Waals surface area contributed by atoms with E-state index in [2.05, 4.69) is 39.8 Å². The average Bonchev–Trinajstić information content (AvgIpc) is 2.57. The lowest BCUT2D eigenvalue weighted by Gasteiger charge is -2.55. The summed E-state index contributed by atoms with van der Waals surface area (Å²) in [6, 6.07) is 15.9. The highest BCUT2D eigenvalue weighted by molar-refractivity contribution is 7.80. The Hall–Kier alpha value is -2.06. The first-order valence-electron chi connectivity index (χ1n) is 8.31. The van der Waals surface area contributed by atoms with Gasteiger partial charge in [0.15, 0.2) is 5.78 Å². The maximum atomic E-state index is 12.9. The molecule has 0 heterocycles. The summed E-state index contributed by atoms with van der Waals surface area (Å²) >= 11 is 5.72. The molecule has 0 radical (unpaired) electrons. The number of allylic oxidation sites excluding steroid dienone is 1. The van der Waals surface area contributed by atoms with Crippen LogP contribution in [0.1, 0.15) is 54.7 Å². The second-order valence-corrected chi connectivity index (χ2v) is 8.16. The third-order valence-electron chi connectivity index (χ3n) is 5.52. The molecule has 2 aliphatic rings. The Morgan fingerprint density at radius 1 is 0.708 bits per heavy atom. The number of carbonyl (C=O) groups excluding carboxylic acids is 1. The fourth-order valence-electron chi connectivity index (χ4n) is 4.71. The zero-order valence-electron chi connectivity index (χ0n) is 14.4. The zero-order valence-corrected chi connectivity index (χ0v) is 15.3. The van der Waals surface area contributed by atoms with Gasteiger partial charge in [0.1, 0.15) is 0 Å². The maximum Gasteiger partial charge on any atom is 0.194 e. The summed E-state index contributed by atoms with van der Waals surface area (Å²) in [7, 11) is 0. The summed E-state index contributed by atoms with van der Waals surface area (Å²) in [6.07, 6.45) is 0. The molecule has 2 aromatic carbocycles. The molecule has 0 saturated heterocycles. The van der Waals surface area contributed by atoms with E-state index in [1.165, 1.54) is 11.1 Å². The summed E-state index contributed by atoms with van der Waals surface area (Å²) in [4.78, 5) is 14.0. The number of benzene rings is 2. The van der Waals surface area contributed by atoms with Crippen molar-refractivity contribution in [2.24, 2.45) is 10.8 Å². The van der Waals surface area contributed by atoms with Gasteiger partial charge in [-0.1, -0.05) is 88.4 Å². The number of ketones is 1. The van der Waals surface area contributed by atoms with Crippen molar-refractivity contribution >= 4 is 28.4 Å². The lowest BCUT2D eigenvalue weighted by Crippen LogP contribution is -2.53. The van der Waals surface area contributed by atoms with Crippen molar-refractivity contribution in [2.75, 3.05) is 0 Å². The Kier molecular flexibility index (Phi) is 3.05. The number of fused-ring (bicyclic) bond motifs is 2. The zero-order chi connectivity index (χ0) is 17.3. The molecule has 2 heteroatoms. The number of hydrogen-bond acceptors (Lipinski definition) is 2. The van der Waals surface area contributed by atoms with Gasteiger partial charge in [0.05, 0.1) is 0 Å². The van der Waals surface area contributed by atoms with E-state index in [9.17, 15) is 4.79 Å². The first kappa shape index (κ1) is 15.5. The molecule has 120 valence electrons. The molecule has 0 amide bonds. The van der Waals surface area contributed by atoms with Crippen LogP contribution in [0.4, 0.5) is 0 Å². The van der Waals surface area contributed by atoms with Crippen molar-refractivity contribution in [3.63, 3.8) is 0 Å². The highest BCUT2D eigenvalue weighted by Gasteiger charge is 2.55. The van der Waals surface area contributed by atoms with E-state index in [1.54, 1.807) is 0 Å². The van der Waals surface area contributed by atoms with Crippen molar-refractivity contribution in [1.29, 1.82) is 0 Å². The maximum absolute atomic E-state index is 12.9. The molecule has 2 aromatic rings. The van der Waals surface area contributed by atoms with Crippen LogP contribution in [0.3, 0.4) is 0 Å². The molecular weight excluding hydrogens is 312 g/mol. The van der Waals surface area contributed by atoms with Crippen LogP contribution in [-0.4, -0.2) is 10.6 Å². The Morgan fingerprint density at radius 3 is 1.50 bits per heavy atom. The minimum Gasteiger partial charge on any atom is -0.289 e. The van der Waals surface area contributed by atoms with E-state index in [1.807, 2.05) is 36.4 Å². The van der Waals surface area contributed by atoms with Crippen LogP contribution in [0.5, 0.6) is 0 Å². The number of carbonyl (C=O) groups is 1. The van der Waals surface area contributed by atoms with Crippen LogP contribution >= 0.6 is 12.2 Å². The van der Waals surface area contributed by atoms with Crippen LogP contribution < -0.4 is 0 Å². The van der Waals surface area contributed by atoms with E-state index in [0.717, 1.165) is 27.1 Å². The predicted octanol–water partition coefficient (Wildman–Crippen LogP) is 5.47. The minimum atomic E-state index is -0.130. The van der Waals surface area contributed by atoms with Crippen molar-refractivity contribution in [1.82, 2.24) is 0 Å². The molecule has 0 atom stereocenters. The Labute approximate surface area is 148 Å². The quantitative estimate of drug-likeness (QED) is 0.508. The Bertz CT molecular complexity index is 872. The van der Waals surface area contributed by atoms with Gasteiger partial charge in [-0.15, -0.1) is 0 Å². The van der Waals surface area contributed by atoms with Gasteiger partial charge in [0, 0.05) is 26.8 Å². The molecular formula is C22H20OS. The number of thiocarbonyl (C=S) groups is 1. The van der Waals surface area contributed by atoms with Gasteiger partial charge >= 0.3 is 0 Å². The van der Waals surface area contributed by atoms with Crippen LogP contribution in [0.25, 0.3) is 5.57 Å². The van der Waals surface area contributed by atoms with E-state index in [4.69, 9.17) is 12.2 Å². The van der Waals surface area contributed by atoms with Crippen LogP contribution in [0, 0.1) is 10.8 Å². The molecule has 1 fully saturated rings. The van der Waals surface area contributed by atoms with Crippen LogP contribution in [0.2, 0.25) is 0 Å². The van der Waals surface area contributed by atoms with Gasteiger partial charge in [0.25, 0.3) is 0 Å². The number of hydrogen-bond donors (Lipinski definition) is 0. The molecule has 0 aromatic heterocycles. The molecule has 0 N–H and O–H groups in total. The van der Waals surface area contributed by atoms with Gasteiger partial charge in [-0.2, -0.15) is 0 Å². The van der Waals surface area contributed by atoms with Gasteiger partial charge in [0.2, 0.25) is 0 Å². The molecule has 1 saturated carbocycles. The Balaban J connectivity index is 2.15. The first-order chi connectivity index (χ1) is 11.3. The monoisotopic (exact) mass is 332 g/mol. The van der Waals surface area contributed by atoms with Crippen molar-refractivity contribution in [2.45, 2.75) is 27.7 Å². The van der Waals surface area contributed by atoms with Crippen LogP contribution in [-0.2, 0) is 0 Å². The predicted molar refractivity (Wildman–Crippen MR) is 102 cm³/mol. The van der Waals surface area contributed by atoms with Gasteiger partial charge < -0.3 is 0 Å². The lowest BCUT2D eigenvalue weighted by molar-refractivity contribution is 0.103. The lowest BCUT2D eigenvalue weighted by atomic mass is 9.49. The fourth-order valence-corrected chi connectivity index (χ4v) is 4.91. The second-order valence-electron chi connectivity index (χ2n) is 7.75. The first-order valence-corrected chi connectivity index (χ1v) is 8.72. The van der Waals surface area contributed by atoms with Crippen LogP contribution in [0.15, 0.2) is 54.1 Å². The minimum absolute atomic E-state index is 0.114. The Morgan fingerprint density at radius 2 is 1.08 bits per heavy atom. The third-order valence-corrected chi connectivity index (χ3v) is 6.54. The molecule has 1 nitrogen and oxygen atoms in total. The van der Waals surface area contributed by atoms with Crippen molar-refractivity contribution < 1.29 is 4.79 Å². The highest BCUT2D eigenvalue weighted by Crippen LogP contribution is 2.60. The molecule has 0 unspecified atom stereocenters. The average molecular weight is 332 g/mol. The third kappa shape index (κ3) is 1.75. The van der Waals surface area contributed by atoms with E-state index >= 15 is 0 Å². The standard InChI is InChI=1S/C22H20OS/c1-21(2)19(22(3,4)20(21)24)17-13-9-5-7-11-15(13)18(23)16-12-8-6-10-14(16)17/h5-12H,1-4H3. The summed E-state index contributed by atoms with van der Waals surface area (Å²) in [5.41, 5.74) is 5.95. The topological polar surface area (TPSA) is 17.1 Å². The molecule has 0 spiro atoms. The molecule has 4 rings (SSSR count). The summed E-state index contributed by atoms with van der Waals surface area (Å²) in [5, 5.41) is 0. The second kappa shape index (κ2) is 4.73. The largest absolute Gasteiger partial charge is 0.289 e.